The number of carbonyl (C=O) groups excluding carboxylic acids is 1. The minimum Gasteiger partial charge on any atom is -0.311 e. The molecule has 1 atom stereocenters. The summed E-state index contributed by atoms with van der Waals surface area (Å²) >= 11 is 0. The fourth-order valence-corrected chi connectivity index (χ4v) is 2.03. The maximum atomic E-state index is 11.3. The van der Waals surface area contributed by atoms with Crippen molar-refractivity contribution < 1.29 is 4.79 Å². The Bertz CT molecular complexity index is 167. The van der Waals surface area contributed by atoms with Crippen LogP contribution in [0.5, 0.6) is 0 Å². The first-order valence-electron chi connectivity index (χ1n) is 4.93. The molecule has 0 aromatic carbocycles. The van der Waals surface area contributed by atoms with Crippen LogP contribution in [0.1, 0.15) is 46.0 Å². The van der Waals surface area contributed by atoms with E-state index >= 15 is 0 Å². The zero-order valence-electron chi connectivity index (χ0n) is 8.15. The van der Waals surface area contributed by atoms with Crippen LogP contribution in [-0.4, -0.2) is 17.9 Å². The lowest BCUT2D eigenvalue weighted by Crippen LogP contribution is -2.43. The predicted molar refractivity (Wildman–Crippen MR) is 50.2 cm³/mol. The molecule has 0 heterocycles. The van der Waals surface area contributed by atoms with Gasteiger partial charge in [0.15, 0.2) is 0 Å². The van der Waals surface area contributed by atoms with Crippen LogP contribution in [-0.2, 0) is 4.79 Å². The number of rotatable bonds is 2. The zero-order chi connectivity index (χ0) is 9.03. The van der Waals surface area contributed by atoms with Crippen molar-refractivity contribution in [3.63, 3.8) is 0 Å². The Morgan fingerprint density at radius 1 is 1.50 bits per heavy atom. The molecule has 0 aliphatic heterocycles. The highest BCUT2D eigenvalue weighted by molar-refractivity contribution is 5.79. The van der Waals surface area contributed by atoms with E-state index in [2.05, 4.69) is 19.2 Å². The Hall–Kier alpha value is -0.370. The molecular weight excluding hydrogens is 150 g/mol. The van der Waals surface area contributed by atoms with Crippen LogP contribution < -0.4 is 5.32 Å². The number of carbonyl (C=O) groups is 1. The van der Waals surface area contributed by atoms with E-state index in [1.54, 1.807) is 0 Å². The van der Waals surface area contributed by atoms with Gasteiger partial charge >= 0.3 is 0 Å². The van der Waals surface area contributed by atoms with Crippen LogP contribution in [0.4, 0.5) is 0 Å². The van der Waals surface area contributed by atoms with E-state index in [1.807, 2.05) is 0 Å². The van der Waals surface area contributed by atoms with Gasteiger partial charge in [-0.3, -0.25) is 4.79 Å². The fourth-order valence-electron chi connectivity index (χ4n) is 2.03. The van der Waals surface area contributed by atoms with Crippen LogP contribution in [0.15, 0.2) is 0 Å². The van der Waals surface area contributed by atoms with Crippen molar-refractivity contribution in [3.05, 3.63) is 0 Å². The average Bonchev–Trinajstić information content (AvgIpc) is 2.12. The first-order valence-corrected chi connectivity index (χ1v) is 4.93. The lowest BCUT2D eigenvalue weighted by atomic mass is 9.92. The quantitative estimate of drug-likeness (QED) is 0.639. The summed E-state index contributed by atoms with van der Waals surface area (Å²) in [6, 6.07) is 0. The fraction of sp³-hybridized carbons (Fsp3) is 0.900. The number of nitrogens with one attached hydrogen (secondary N) is 1. The lowest BCUT2D eigenvalue weighted by Gasteiger charge is -2.28. The van der Waals surface area contributed by atoms with Gasteiger partial charge < -0.3 is 5.32 Å². The summed E-state index contributed by atoms with van der Waals surface area (Å²) in [5, 5.41) is 3.41. The molecule has 1 N–H and O–H groups in total. The SMILES string of the molecule is CCNC1(C)CCCCC(=O)C1. The third kappa shape index (κ3) is 2.59. The molecule has 1 fully saturated rings. The van der Waals surface area contributed by atoms with Gasteiger partial charge in [0.2, 0.25) is 0 Å². The Kier molecular flexibility index (Phi) is 3.27. The molecule has 1 unspecified atom stereocenters. The monoisotopic (exact) mass is 169 g/mol. The molecule has 2 heteroatoms. The Balaban J connectivity index is 2.54. The Labute approximate surface area is 74.7 Å². The lowest BCUT2D eigenvalue weighted by molar-refractivity contribution is -0.119. The van der Waals surface area contributed by atoms with Gasteiger partial charge in [-0.25, -0.2) is 0 Å². The zero-order valence-corrected chi connectivity index (χ0v) is 8.15. The van der Waals surface area contributed by atoms with E-state index in [9.17, 15) is 4.79 Å². The molecule has 1 rings (SSSR count). The van der Waals surface area contributed by atoms with E-state index < -0.39 is 0 Å². The molecule has 0 amide bonds. The van der Waals surface area contributed by atoms with Crippen molar-refractivity contribution in [1.29, 1.82) is 0 Å². The third-order valence-electron chi connectivity index (χ3n) is 2.63. The van der Waals surface area contributed by atoms with Crippen molar-refractivity contribution in [2.75, 3.05) is 6.54 Å². The van der Waals surface area contributed by atoms with Crippen LogP contribution in [0, 0.1) is 0 Å². The van der Waals surface area contributed by atoms with Crippen molar-refractivity contribution >= 4 is 5.78 Å². The first kappa shape index (κ1) is 9.72. The summed E-state index contributed by atoms with van der Waals surface area (Å²) < 4.78 is 0. The second-order valence-electron chi connectivity index (χ2n) is 4.01. The van der Waals surface area contributed by atoms with Crippen LogP contribution >= 0.6 is 0 Å². The van der Waals surface area contributed by atoms with Gasteiger partial charge in [-0.2, -0.15) is 0 Å². The van der Waals surface area contributed by atoms with Crippen LogP contribution in [0.3, 0.4) is 0 Å². The van der Waals surface area contributed by atoms with Crippen molar-refractivity contribution in [2.45, 2.75) is 51.5 Å². The smallest absolute Gasteiger partial charge is 0.134 e. The minimum atomic E-state index is 0.0856. The average molecular weight is 169 g/mol. The molecule has 0 aromatic heterocycles. The van der Waals surface area contributed by atoms with Crippen molar-refractivity contribution in [3.8, 4) is 0 Å². The highest BCUT2D eigenvalue weighted by Crippen LogP contribution is 2.24. The highest BCUT2D eigenvalue weighted by atomic mass is 16.1. The molecule has 70 valence electrons. The van der Waals surface area contributed by atoms with Crippen LogP contribution in [0.25, 0.3) is 0 Å². The van der Waals surface area contributed by atoms with Crippen molar-refractivity contribution in [2.24, 2.45) is 0 Å². The maximum Gasteiger partial charge on any atom is 0.134 e. The molecule has 1 saturated carbocycles. The summed E-state index contributed by atoms with van der Waals surface area (Å²) in [7, 11) is 0. The second kappa shape index (κ2) is 4.04. The molecular formula is C10H19NO. The highest BCUT2D eigenvalue weighted by Gasteiger charge is 2.27. The second-order valence-corrected chi connectivity index (χ2v) is 4.01. The van der Waals surface area contributed by atoms with Gasteiger partial charge in [-0.05, 0) is 26.3 Å². The topological polar surface area (TPSA) is 29.1 Å². The molecule has 0 saturated heterocycles. The summed E-state index contributed by atoms with van der Waals surface area (Å²) in [4.78, 5) is 11.3. The summed E-state index contributed by atoms with van der Waals surface area (Å²) in [5.74, 6) is 0.427. The van der Waals surface area contributed by atoms with E-state index in [4.69, 9.17) is 0 Å². The molecule has 1 aliphatic carbocycles. The van der Waals surface area contributed by atoms with E-state index in [1.165, 1.54) is 6.42 Å². The van der Waals surface area contributed by atoms with Gasteiger partial charge in [-0.15, -0.1) is 0 Å². The number of hydrogen-bond donors (Lipinski definition) is 1. The maximum absolute atomic E-state index is 11.3. The van der Waals surface area contributed by atoms with Gasteiger partial charge in [0.1, 0.15) is 5.78 Å². The molecule has 0 spiro atoms. The molecule has 0 bridgehead atoms. The van der Waals surface area contributed by atoms with E-state index in [0.717, 1.165) is 32.2 Å². The van der Waals surface area contributed by atoms with Crippen LogP contribution in [0.2, 0.25) is 0 Å². The van der Waals surface area contributed by atoms with Gasteiger partial charge in [0.25, 0.3) is 0 Å². The largest absolute Gasteiger partial charge is 0.311 e. The summed E-state index contributed by atoms with van der Waals surface area (Å²) in [5.41, 5.74) is 0.0856. The number of ketones is 1. The summed E-state index contributed by atoms with van der Waals surface area (Å²) in [6.45, 7) is 5.23. The molecule has 2 nitrogen and oxygen atoms in total. The van der Waals surface area contributed by atoms with E-state index in [0.29, 0.717) is 5.78 Å². The van der Waals surface area contributed by atoms with Gasteiger partial charge in [0.05, 0.1) is 0 Å². The summed E-state index contributed by atoms with van der Waals surface area (Å²) in [6.07, 6.45) is 4.93. The van der Waals surface area contributed by atoms with E-state index in [-0.39, 0.29) is 5.54 Å². The molecule has 1 aliphatic rings. The van der Waals surface area contributed by atoms with Gasteiger partial charge in [-0.1, -0.05) is 13.3 Å². The van der Waals surface area contributed by atoms with Crippen molar-refractivity contribution in [1.82, 2.24) is 5.32 Å². The van der Waals surface area contributed by atoms with Gasteiger partial charge in [0, 0.05) is 18.4 Å². The Morgan fingerprint density at radius 2 is 2.25 bits per heavy atom. The third-order valence-corrected chi connectivity index (χ3v) is 2.63. The Morgan fingerprint density at radius 3 is 2.92 bits per heavy atom. The number of Topliss-reactive ketones (excluding diaryl/α,β-unsaturated/α-hetero) is 1. The first-order chi connectivity index (χ1) is 5.66. The number of hydrogen-bond acceptors (Lipinski definition) is 2. The molecule has 12 heavy (non-hydrogen) atoms. The standard InChI is InChI=1S/C10H19NO/c1-3-11-10(2)7-5-4-6-9(12)8-10/h11H,3-8H2,1-2H3. The minimum absolute atomic E-state index is 0.0856. The normalized spacial score (nSPS) is 31.7. The molecule has 0 radical (unpaired) electrons. The predicted octanol–water partition coefficient (Wildman–Crippen LogP) is 1.89. The molecule has 0 aromatic rings.